The standard InChI is InChI=1S/C20H18Cl2N2/c21-17-7-3-1-5-13(17)11-15-16(20(24)10-9-19(15)23)12-14-6-2-4-8-18(14)22/h1-10H,11-12,23-24H2. The lowest BCUT2D eigenvalue weighted by Gasteiger charge is -2.16. The number of halogens is 2. The summed E-state index contributed by atoms with van der Waals surface area (Å²) in [4.78, 5) is 0. The molecule has 0 saturated heterocycles. The normalized spacial score (nSPS) is 10.8. The van der Waals surface area contributed by atoms with Crippen molar-refractivity contribution < 1.29 is 0 Å². The Balaban J connectivity index is 2.04. The van der Waals surface area contributed by atoms with Gasteiger partial charge in [0.2, 0.25) is 0 Å². The van der Waals surface area contributed by atoms with Gasteiger partial charge in [0.1, 0.15) is 0 Å². The SMILES string of the molecule is Nc1ccc(N)c(Cc2ccccc2Cl)c1Cc1ccccc1Cl. The summed E-state index contributed by atoms with van der Waals surface area (Å²) in [5.74, 6) is 0. The van der Waals surface area contributed by atoms with Gasteiger partial charge in [-0.25, -0.2) is 0 Å². The fourth-order valence-corrected chi connectivity index (χ4v) is 3.22. The zero-order valence-corrected chi connectivity index (χ0v) is 14.6. The van der Waals surface area contributed by atoms with Crippen molar-refractivity contribution in [1.29, 1.82) is 0 Å². The van der Waals surface area contributed by atoms with E-state index in [0.29, 0.717) is 24.2 Å². The van der Waals surface area contributed by atoms with Gasteiger partial charge in [0.05, 0.1) is 0 Å². The fraction of sp³-hybridized carbons (Fsp3) is 0.100. The van der Waals surface area contributed by atoms with Crippen LogP contribution in [0.15, 0.2) is 60.7 Å². The summed E-state index contributed by atoms with van der Waals surface area (Å²) in [7, 11) is 0. The van der Waals surface area contributed by atoms with Crippen molar-refractivity contribution in [3.05, 3.63) is 93.0 Å². The Morgan fingerprint density at radius 2 is 0.958 bits per heavy atom. The van der Waals surface area contributed by atoms with Crippen molar-refractivity contribution in [3.8, 4) is 0 Å². The Labute approximate surface area is 152 Å². The first-order valence-corrected chi connectivity index (χ1v) is 8.44. The Morgan fingerprint density at radius 3 is 1.33 bits per heavy atom. The van der Waals surface area contributed by atoms with Gasteiger partial charge in [-0.3, -0.25) is 0 Å². The van der Waals surface area contributed by atoms with Crippen molar-refractivity contribution in [2.24, 2.45) is 0 Å². The van der Waals surface area contributed by atoms with Crippen LogP contribution >= 0.6 is 23.2 Å². The van der Waals surface area contributed by atoms with Crippen LogP contribution in [-0.4, -0.2) is 0 Å². The smallest absolute Gasteiger partial charge is 0.0441 e. The van der Waals surface area contributed by atoms with E-state index in [4.69, 9.17) is 34.7 Å². The van der Waals surface area contributed by atoms with E-state index >= 15 is 0 Å². The molecule has 0 heterocycles. The minimum absolute atomic E-state index is 0.635. The molecule has 0 amide bonds. The number of nitrogen functional groups attached to an aromatic ring is 2. The summed E-state index contributed by atoms with van der Waals surface area (Å²) in [5.41, 5.74) is 18.0. The van der Waals surface area contributed by atoms with Crippen molar-refractivity contribution in [3.63, 3.8) is 0 Å². The Bertz CT molecular complexity index is 803. The van der Waals surface area contributed by atoms with Gasteiger partial charge in [-0.2, -0.15) is 0 Å². The van der Waals surface area contributed by atoms with E-state index in [9.17, 15) is 0 Å². The number of hydrogen-bond donors (Lipinski definition) is 2. The number of rotatable bonds is 4. The molecule has 3 rings (SSSR count). The maximum atomic E-state index is 6.31. The molecule has 0 aromatic heterocycles. The number of anilines is 2. The molecule has 4 N–H and O–H groups in total. The summed E-state index contributed by atoms with van der Waals surface area (Å²) in [6, 6.07) is 19.2. The molecule has 0 radical (unpaired) electrons. The molecule has 0 spiro atoms. The first-order chi connectivity index (χ1) is 11.6. The van der Waals surface area contributed by atoms with E-state index in [1.165, 1.54) is 0 Å². The molecule has 2 nitrogen and oxygen atoms in total. The average molecular weight is 357 g/mol. The lowest BCUT2D eigenvalue weighted by Crippen LogP contribution is -2.06. The lowest BCUT2D eigenvalue weighted by atomic mass is 9.92. The maximum absolute atomic E-state index is 6.31. The van der Waals surface area contributed by atoms with Crippen molar-refractivity contribution in [2.75, 3.05) is 11.5 Å². The van der Waals surface area contributed by atoms with Crippen LogP contribution in [0.5, 0.6) is 0 Å². The van der Waals surface area contributed by atoms with Crippen LogP contribution in [0.25, 0.3) is 0 Å². The maximum Gasteiger partial charge on any atom is 0.0441 e. The molecule has 4 heteroatoms. The molecule has 0 aliphatic heterocycles. The molecule has 3 aromatic carbocycles. The Morgan fingerprint density at radius 1 is 0.583 bits per heavy atom. The van der Waals surface area contributed by atoms with Gasteiger partial charge < -0.3 is 11.5 Å². The van der Waals surface area contributed by atoms with E-state index in [-0.39, 0.29) is 0 Å². The van der Waals surface area contributed by atoms with Crippen LogP contribution in [0, 0.1) is 0 Å². The highest BCUT2D eigenvalue weighted by molar-refractivity contribution is 6.31. The minimum atomic E-state index is 0.635. The van der Waals surface area contributed by atoms with E-state index in [2.05, 4.69) is 0 Å². The van der Waals surface area contributed by atoms with Gasteiger partial charge in [0, 0.05) is 34.3 Å². The third-order valence-corrected chi connectivity index (χ3v) is 4.89. The number of nitrogens with two attached hydrogens (primary N) is 2. The largest absolute Gasteiger partial charge is 0.398 e. The van der Waals surface area contributed by atoms with Crippen LogP contribution in [0.3, 0.4) is 0 Å². The lowest BCUT2D eigenvalue weighted by molar-refractivity contribution is 1.10. The number of hydrogen-bond acceptors (Lipinski definition) is 2. The van der Waals surface area contributed by atoms with E-state index in [1.807, 2.05) is 60.7 Å². The molecule has 3 aromatic rings. The van der Waals surface area contributed by atoms with Crippen molar-refractivity contribution >= 4 is 34.6 Å². The molecule has 0 atom stereocenters. The van der Waals surface area contributed by atoms with Crippen LogP contribution in [-0.2, 0) is 12.8 Å². The van der Waals surface area contributed by atoms with Crippen LogP contribution < -0.4 is 11.5 Å². The zero-order chi connectivity index (χ0) is 17.1. The number of benzene rings is 3. The monoisotopic (exact) mass is 356 g/mol. The summed E-state index contributed by atoms with van der Waals surface area (Å²) >= 11 is 12.6. The second kappa shape index (κ2) is 7.16. The molecule has 0 bridgehead atoms. The molecular weight excluding hydrogens is 339 g/mol. The third kappa shape index (κ3) is 3.50. The third-order valence-electron chi connectivity index (χ3n) is 4.15. The second-order valence-corrected chi connectivity index (χ2v) is 6.55. The van der Waals surface area contributed by atoms with Crippen LogP contribution in [0.2, 0.25) is 10.0 Å². The first-order valence-electron chi connectivity index (χ1n) is 7.68. The van der Waals surface area contributed by atoms with Crippen molar-refractivity contribution in [2.45, 2.75) is 12.8 Å². The molecule has 0 saturated carbocycles. The van der Waals surface area contributed by atoms with Crippen LogP contribution in [0.4, 0.5) is 11.4 Å². The van der Waals surface area contributed by atoms with Gasteiger partial charge in [0.15, 0.2) is 0 Å². The molecule has 0 aliphatic rings. The minimum Gasteiger partial charge on any atom is -0.398 e. The highest BCUT2D eigenvalue weighted by atomic mass is 35.5. The fourth-order valence-electron chi connectivity index (χ4n) is 2.81. The van der Waals surface area contributed by atoms with Crippen molar-refractivity contribution in [1.82, 2.24) is 0 Å². The van der Waals surface area contributed by atoms with Gasteiger partial charge in [-0.05, 0) is 46.5 Å². The quantitative estimate of drug-likeness (QED) is 0.619. The van der Waals surface area contributed by atoms with E-state index in [1.54, 1.807) is 0 Å². The van der Waals surface area contributed by atoms with E-state index < -0.39 is 0 Å². The zero-order valence-electron chi connectivity index (χ0n) is 13.1. The van der Waals surface area contributed by atoms with E-state index in [0.717, 1.165) is 32.3 Å². The highest BCUT2D eigenvalue weighted by Gasteiger charge is 2.14. The molecule has 0 unspecified atom stereocenters. The van der Waals surface area contributed by atoms with Gasteiger partial charge in [0.25, 0.3) is 0 Å². The predicted octanol–water partition coefficient (Wildman–Crippen LogP) is 5.34. The molecule has 0 aliphatic carbocycles. The van der Waals surface area contributed by atoms with Gasteiger partial charge >= 0.3 is 0 Å². The highest BCUT2D eigenvalue weighted by Crippen LogP contribution is 2.31. The summed E-state index contributed by atoms with van der Waals surface area (Å²) in [5, 5.41) is 1.45. The summed E-state index contributed by atoms with van der Waals surface area (Å²) in [6.07, 6.45) is 1.27. The first kappa shape index (κ1) is 16.7. The second-order valence-electron chi connectivity index (χ2n) is 5.74. The molecule has 24 heavy (non-hydrogen) atoms. The van der Waals surface area contributed by atoms with Gasteiger partial charge in [-0.15, -0.1) is 0 Å². The van der Waals surface area contributed by atoms with Crippen LogP contribution in [0.1, 0.15) is 22.3 Å². The molecule has 122 valence electrons. The topological polar surface area (TPSA) is 52.0 Å². The predicted molar refractivity (Wildman–Crippen MR) is 104 cm³/mol. The summed E-state index contributed by atoms with van der Waals surface area (Å²) in [6.45, 7) is 0. The molecule has 0 fully saturated rings. The van der Waals surface area contributed by atoms with Gasteiger partial charge in [-0.1, -0.05) is 59.6 Å². The molecular formula is C20H18Cl2N2. The Kier molecular flexibility index (Phi) is 4.98. The Hall–Kier alpha value is -2.16. The average Bonchev–Trinajstić information content (AvgIpc) is 2.57. The summed E-state index contributed by atoms with van der Waals surface area (Å²) < 4.78 is 0.